The van der Waals surface area contributed by atoms with Crippen molar-refractivity contribution in [1.29, 1.82) is 0 Å². The maximum absolute atomic E-state index is 10.4. The summed E-state index contributed by atoms with van der Waals surface area (Å²) < 4.78 is 5.31. The molecular formula is C10H13NO5. The Morgan fingerprint density at radius 2 is 1.88 bits per heavy atom. The Kier molecular flexibility index (Phi) is 5.44. The third-order valence-corrected chi connectivity index (χ3v) is 1.78. The highest BCUT2D eigenvalue weighted by molar-refractivity contribution is 5.74. The molecule has 0 unspecified atom stereocenters. The number of carbonyl (C=O) groups excluding carboxylic acids is 1. The summed E-state index contributed by atoms with van der Waals surface area (Å²) in [4.78, 5) is 14.7. The summed E-state index contributed by atoms with van der Waals surface area (Å²) >= 11 is 0. The Labute approximate surface area is 92.5 Å². The lowest BCUT2D eigenvalue weighted by atomic mass is 10.2. The normalized spacial score (nSPS) is 10.4. The largest absolute Gasteiger partial charge is 0.494 e. The van der Waals surface area contributed by atoms with Crippen LogP contribution in [0.2, 0.25) is 0 Å². The van der Waals surface area contributed by atoms with Crippen LogP contribution in [0.15, 0.2) is 24.3 Å². The first-order valence-electron chi connectivity index (χ1n) is 4.71. The Hall–Kier alpha value is -1.47. The number of rotatable bonds is 7. The average Bonchev–Trinajstić information content (AvgIpc) is 2.29. The van der Waals surface area contributed by atoms with Crippen LogP contribution in [0.4, 0.5) is 0 Å². The van der Waals surface area contributed by atoms with Crippen LogP contribution in [0.5, 0.6) is 5.75 Å². The van der Waals surface area contributed by atoms with E-state index >= 15 is 0 Å². The molecule has 1 aromatic rings. The van der Waals surface area contributed by atoms with Crippen LogP contribution in [0.1, 0.15) is 16.8 Å². The SMILES string of the molecule is O=Cc1ccc(OCCCON(O)O)cc1. The van der Waals surface area contributed by atoms with E-state index in [-0.39, 0.29) is 12.0 Å². The lowest BCUT2D eigenvalue weighted by Gasteiger charge is -2.07. The molecular weight excluding hydrogens is 214 g/mol. The molecule has 0 aliphatic heterocycles. The monoisotopic (exact) mass is 227 g/mol. The summed E-state index contributed by atoms with van der Waals surface area (Å²) in [5.74, 6) is 0.649. The number of ether oxygens (including phenoxy) is 1. The summed E-state index contributed by atoms with van der Waals surface area (Å²) in [6.45, 7) is 0.522. The van der Waals surface area contributed by atoms with Crippen molar-refractivity contribution in [2.75, 3.05) is 13.2 Å². The molecule has 0 bridgehead atoms. The van der Waals surface area contributed by atoms with Gasteiger partial charge in [-0.1, -0.05) is 0 Å². The molecule has 0 saturated heterocycles. The minimum absolute atomic E-state index is 0.138. The first kappa shape index (κ1) is 12.6. The van der Waals surface area contributed by atoms with Crippen LogP contribution in [0, 0.1) is 0 Å². The first-order chi connectivity index (χ1) is 7.72. The van der Waals surface area contributed by atoms with Gasteiger partial charge in [-0.3, -0.25) is 20.0 Å². The minimum Gasteiger partial charge on any atom is -0.494 e. The fraction of sp³-hybridized carbons (Fsp3) is 0.300. The maximum atomic E-state index is 10.4. The summed E-state index contributed by atoms with van der Waals surface area (Å²) in [5.41, 5.74) is 0.590. The van der Waals surface area contributed by atoms with E-state index in [0.29, 0.717) is 24.3 Å². The second-order valence-corrected chi connectivity index (χ2v) is 2.97. The van der Waals surface area contributed by atoms with Crippen molar-refractivity contribution in [2.24, 2.45) is 0 Å². The molecule has 2 N–H and O–H groups in total. The number of hydrogen-bond acceptors (Lipinski definition) is 6. The van der Waals surface area contributed by atoms with Crippen LogP contribution in [0.25, 0.3) is 0 Å². The molecule has 0 aliphatic rings. The zero-order valence-electron chi connectivity index (χ0n) is 8.57. The van der Waals surface area contributed by atoms with Crippen LogP contribution in [-0.4, -0.2) is 35.3 Å². The predicted molar refractivity (Wildman–Crippen MR) is 53.3 cm³/mol. The van der Waals surface area contributed by atoms with Gasteiger partial charge in [0.05, 0.1) is 18.6 Å². The van der Waals surface area contributed by atoms with Crippen molar-refractivity contribution in [2.45, 2.75) is 6.42 Å². The highest BCUT2D eigenvalue weighted by Crippen LogP contribution is 2.11. The van der Waals surface area contributed by atoms with Gasteiger partial charge in [0.2, 0.25) is 0 Å². The van der Waals surface area contributed by atoms with Crippen LogP contribution in [0.3, 0.4) is 0 Å². The maximum Gasteiger partial charge on any atom is 0.150 e. The zero-order valence-corrected chi connectivity index (χ0v) is 8.57. The fourth-order valence-corrected chi connectivity index (χ4v) is 1.04. The molecule has 1 aromatic carbocycles. The molecule has 0 atom stereocenters. The molecule has 16 heavy (non-hydrogen) atoms. The minimum atomic E-state index is -0.334. The van der Waals surface area contributed by atoms with E-state index in [0.717, 1.165) is 6.29 Å². The standard InChI is InChI=1S/C10H13NO5/c12-8-9-2-4-10(5-3-9)15-6-1-7-16-11(13)14/h2-5,8,13-14H,1,6-7H2. The van der Waals surface area contributed by atoms with Crippen molar-refractivity contribution in [3.63, 3.8) is 0 Å². The molecule has 88 valence electrons. The molecule has 0 aromatic heterocycles. The van der Waals surface area contributed by atoms with Gasteiger partial charge in [-0.2, -0.15) is 0 Å². The number of carbonyl (C=O) groups is 1. The highest BCUT2D eigenvalue weighted by Gasteiger charge is 1.96. The van der Waals surface area contributed by atoms with E-state index in [1.165, 1.54) is 0 Å². The van der Waals surface area contributed by atoms with Crippen molar-refractivity contribution in [3.05, 3.63) is 29.8 Å². The van der Waals surface area contributed by atoms with E-state index in [1.807, 2.05) is 0 Å². The quantitative estimate of drug-likeness (QED) is 0.415. The Morgan fingerprint density at radius 1 is 1.19 bits per heavy atom. The van der Waals surface area contributed by atoms with Gasteiger partial charge in [-0.15, -0.1) is 0 Å². The Bertz CT molecular complexity index is 311. The van der Waals surface area contributed by atoms with Gasteiger partial charge in [-0.05, 0) is 24.3 Å². The number of aldehydes is 1. The van der Waals surface area contributed by atoms with Crippen molar-refractivity contribution in [3.8, 4) is 5.75 Å². The van der Waals surface area contributed by atoms with Gasteiger partial charge in [-0.25, -0.2) is 0 Å². The van der Waals surface area contributed by atoms with E-state index in [2.05, 4.69) is 4.84 Å². The van der Waals surface area contributed by atoms with Gasteiger partial charge >= 0.3 is 0 Å². The Morgan fingerprint density at radius 3 is 2.44 bits per heavy atom. The summed E-state index contributed by atoms with van der Waals surface area (Å²) in [7, 11) is 0. The van der Waals surface area contributed by atoms with E-state index in [4.69, 9.17) is 15.2 Å². The lowest BCUT2D eigenvalue weighted by molar-refractivity contribution is -0.492. The molecule has 0 amide bonds. The molecule has 0 fully saturated rings. The molecule has 0 saturated carbocycles. The predicted octanol–water partition coefficient (Wildman–Crippen LogP) is 1.28. The number of benzene rings is 1. The Balaban J connectivity index is 2.19. The molecule has 0 spiro atoms. The molecule has 6 nitrogen and oxygen atoms in total. The third-order valence-electron chi connectivity index (χ3n) is 1.78. The van der Waals surface area contributed by atoms with E-state index in [9.17, 15) is 4.79 Å². The van der Waals surface area contributed by atoms with Gasteiger partial charge < -0.3 is 4.74 Å². The number of nitrogens with zero attached hydrogens (tertiary/aromatic N) is 1. The second-order valence-electron chi connectivity index (χ2n) is 2.97. The molecule has 1 rings (SSSR count). The van der Waals surface area contributed by atoms with Crippen LogP contribution >= 0.6 is 0 Å². The van der Waals surface area contributed by atoms with Crippen LogP contribution in [-0.2, 0) is 4.84 Å². The van der Waals surface area contributed by atoms with Gasteiger partial charge in [0.25, 0.3) is 0 Å². The first-order valence-corrected chi connectivity index (χ1v) is 4.71. The summed E-state index contributed by atoms with van der Waals surface area (Å²) in [6, 6.07) is 6.69. The average molecular weight is 227 g/mol. The van der Waals surface area contributed by atoms with Gasteiger partial charge in [0, 0.05) is 12.0 Å². The fourth-order valence-electron chi connectivity index (χ4n) is 1.04. The zero-order chi connectivity index (χ0) is 11.8. The van der Waals surface area contributed by atoms with Gasteiger partial charge in [0.1, 0.15) is 12.0 Å². The smallest absolute Gasteiger partial charge is 0.150 e. The lowest BCUT2D eigenvalue weighted by Crippen LogP contribution is -2.16. The second kappa shape index (κ2) is 6.91. The van der Waals surface area contributed by atoms with E-state index in [1.54, 1.807) is 24.3 Å². The van der Waals surface area contributed by atoms with Gasteiger partial charge in [0.15, 0.2) is 0 Å². The molecule has 0 aliphatic carbocycles. The molecule has 6 heteroatoms. The van der Waals surface area contributed by atoms with Crippen molar-refractivity contribution >= 4 is 6.29 Å². The number of hydrogen-bond donors (Lipinski definition) is 2. The summed E-state index contributed by atoms with van der Waals surface area (Å²) in [6.07, 6.45) is 1.27. The topological polar surface area (TPSA) is 79.2 Å². The van der Waals surface area contributed by atoms with Crippen LogP contribution < -0.4 is 4.74 Å². The van der Waals surface area contributed by atoms with E-state index < -0.39 is 0 Å². The highest BCUT2D eigenvalue weighted by atomic mass is 17.1. The third kappa shape index (κ3) is 4.85. The van der Waals surface area contributed by atoms with Crippen molar-refractivity contribution < 1.29 is 24.8 Å². The molecule has 0 heterocycles. The summed E-state index contributed by atoms with van der Waals surface area (Å²) in [5, 5.41) is 16.1. The molecule has 0 radical (unpaired) electrons. The van der Waals surface area contributed by atoms with Crippen molar-refractivity contribution in [1.82, 2.24) is 5.39 Å².